The summed E-state index contributed by atoms with van der Waals surface area (Å²) in [4.78, 5) is 16.6. The number of rotatable bonds is 0. The summed E-state index contributed by atoms with van der Waals surface area (Å²) < 4.78 is 11.9. The molecule has 0 amide bonds. The quantitative estimate of drug-likeness (QED) is 0.330. The maximum absolute atomic E-state index is 8.99. The van der Waals surface area contributed by atoms with Gasteiger partial charge in [-0.05, 0) is 0 Å². The van der Waals surface area contributed by atoms with Gasteiger partial charge >= 0.3 is 0 Å². The van der Waals surface area contributed by atoms with Gasteiger partial charge in [-0.1, -0.05) is 0 Å². The normalized spacial score (nSPS) is 9.50. The lowest BCUT2D eigenvalue weighted by Crippen LogP contribution is -1.79. The Kier molecular flexibility index (Phi) is 3.59. The van der Waals surface area contributed by atoms with E-state index in [0.717, 1.165) is 0 Å². The van der Waals surface area contributed by atoms with Crippen LogP contribution in [0.3, 0.4) is 0 Å². The lowest BCUT2D eigenvalue weighted by atomic mass is 11.5. The molecule has 0 radical (unpaired) electrons. The summed E-state index contributed by atoms with van der Waals surface area (Å²) in [5.41, 5.74) is 0. The van der Waals surface area contributed by atoms with E-state index < -0.39 is 23.9 Å². The molecular weight excluding hydrogens is 116 g/mol. The zero-order valence-electron chi connectivity index (χ0n) is 5.94. The van der Waals surface area contributed by atoms with E-state index >= 15 is 0 Å². The summed E-state index contributed by atoms with van der Waals surface area (Å²) >= 11 is 0. The third kappa shape index (κ3) is 48.1. The van der Waals surface area contributed by atoms with Crippen LogP contribution in [0.5, 0.6) is 0 Å². The van der Waals surface area contributed by atoms with Crippen LogP contribution in [0.2, 0.25) is 0 Å². The van der Waals surface area contributed by atoms with Gasteiger partial charge in [0.2, 0.25) is 0 Å². The van der Waals surface area contributed by atoms with Crippen molar-refractivity contribution in [2.24, 2.45) is 0 Å². The molecule has 0 aromatic carbocycles. The molecule has 0 heterocycles. The van der Waals surface area contributed by atoms with Crippen LogP contribution in [-0.4, -0.2) is 23.9 Å². The molecule has 0 aliphatic rings. The van der Waals surface area contributed by atoms with E-state index in [4.69, 9.17) is 23.0 Å². The molecule has 0 fully saturated rings. The highest BCUT2D eigenvalue weighted by molar-refractivity contribution is 3.91. The van der Waals surface area contributed by atoms with E-state index in [-0.39, 0.29) is 0 Å². The van der Waals surface area contributed by atoms with Crippen molar-refractivity contribution in [3.05, 3.63) is 20.2 Å². The van der Waals surface area contributed by atoms with Gasteiger partial charge in [0.25, 0.3) is 0 Å². The maximum Gasteiger partial charge on any atom is 0.194 e. The van der Waals surface area contributed by atoms with Gasteiger partial charge in [-0.2, -0.15) is 0 Å². The van der Waals surface area contributed by atoms with E-state index in [2.05, 4.69) is 0 Å². The Labute approximate surface area is 48.2 Å². The molecule has 0 aromatic rings. The van der Waals surface area contributed by atoms with Crippen molar-refractivity contribution in [2.45, 2.75) is 0 Å². The SMILES string of the molecule is [2H]C[N+](=O)[O-].[2H]C[N+](=O)[O-]. The molecule has 0 aliphatic carbocycles. The topological polar surface area (TPSA) is 86.3 Å². The molecule has 0 saturated heterocycles. The van der Waals surface area contributed by atoms with Gasteiger partial charge < -0.3 is 0 Å². The Bertz CT molecular complexity index is 104. The molecule has 6 heteroatoms. The van der Waals surface area contributed by atoms with Crippen molar-refractivity contribution >= 4 is 0 Å². The van der Waals surface area contributed by atoms with Crippen LogP contribution in [0.15, 0.2) is 0 Å². The third-order valence-corrected chi connectivity index (χ3v) is 0. The van der Waals surface area contributed by atoms with Crippen molar-refractivity contribution in [1.82, 2.24) is 0 Å². The van der Waals surface area contributed by atoms with Gasteiger partial charge in [-0.15, -0.1) is 0 Å². The minimum Gasteiger partial charge on any atom is -0.265 e. The number of hydrogen-bond donors (Lipinski definition) is 0. The predicted molar refractivity (Wildman–Crippen MR) is 25.8 cm³/mol. The average Bonchev–Trinajstić information content (AvgIpc) is 1.89. The van der Waals surface area contributed by atoms with E-state index in [1.165, 1.54) is 0 Å². The monoisotopic (exact) mass is 124 g/mol. The Morgan fingerprint density at radius 2 is 1.38 bits per heavy atom. The van der Waals surface area contributed by atoms with Gasteiger partial charge in [0.1, 0.15) is 2.74 Å². The molecule has 48 valence electrons. The van der Waals surface area contributed by atoms with Crippen molar-refractivity contribution in [1.29, 1.82) is 0 Å². The van der Waals surface area contributed by atoms with Gasteiger partial charge in [-0.3, -0.25) is 20.2 Å². The van der Waals surface area contributed by atoms with Crippen LogP contribution in [0.25, 0.3) is 0 Å². The van der Waals surface area contributed by atoms with E-state index in [1.807, 2.05) is 0 Å². The molecule has 0 N–H and O–H groups in total. The first kappa shape index (κ1) is 4.95. The van der Waals surface area contributed by atoms with E-state index in [9.17, 15) is 0 Å². The van der Waals surface area contributed by atoms with Crippen LogP contribution < -0.4 is 0 Å². The highest BCUT2D eigenvalue weighted by Crippen LogP contribution is 1.40. The molecule has 0 aromatic heterocycles. The smallest absolute Gasteiger partial charge is 0.194 e. The molecule has 6 nitrogen and oxygen atoms in total. The predicted octanol–water partition coefficient (Wildman–Crippen LogP) is -0.214. The fraction of sp³-hybridized carbons (Fsp3) is 1.00. The Morgan fingerprint density at radius 1 is 1.25 bits per heavy atom. The van der Waals surface area contributed by atoms with Crippen molar-refractivity contribution in [2.75, 3.05) is 14.0 Å². The van der Waals surface area contributed by atoms with E-state index in [0.29, 0.717) is 0 Å². The Hall–Kier alpha value is -1.20. The zero-order chi connectivity index (χ0) is 8.57. The fourth-order valence-electron chi connectivity index (χ4n) is 0. The minimum atomic E-state index is -0.722. The minimum absolute atomic E-state index is 0.708. The first-order valence-electron chi connectivity index (χ1n) is 2.78. The van der Waals surface area contributed by atoms with Gasteiger partial charge in [0.15, 0.2) is 14.0 Å². The van der Waals surface area contributed by atoms with Crippen LogP contribution in [0.4, 0.5) is 0 Å². The standard InChI is InChI=1S/2CH3NO2/c2*1-2(3)4/h2*1H3/i2*1D. The third-order valence-electron chi connectivity index (χ3n) is 0. The molecule has 0 aliphatic heterocycles. The Balaban J connectivity index is 0. The highest BCUT2D eigenvalue weighted by atomic mass is 16.6. The van der Waals surface area contributed by atoms with Crippen molar-refractivity contribution in [3.8, 4) is 0 Å². The second kappa shape index (κ2) is 5.80. The lowest BCUT2D eigenvalue weighted by molar-refractivity contribution is -0.445. The fourth-order valence-corrected chi connectivity index (χ4v) is 0. The lowest BCUT2D eigenvalue weighted by Gasteiger charge is -1.63. The molecule has 0 rings (SSSR count). The number of hydrogen-bond acceptors (Lipinski definition) is 4. The second-order valence-corrected chi connectivity index (χ2v) is 0.665. The van der Waals surface area contributed by atoms with Crippen molar-refractivity contribution in [3.63, 3.8) is 0 Å². The summed E-state index contributed by atoms with van der Waals surface area (Å²) in [6, 6.07) is 0. The van der Waals surface area contributed by atoms with Gasteiger partial charge in [0, 0.05) is 9.85 Å². The largest absolute Gasteiger partial charge is 0.265 e. The molecule has 0 saturated carbocycles. The Morgan fingerprint density at radius 3 is 1.38 bits per heavy atom. The molecule has 0 atom stereocenters. The summed E-state index contributed by atoms with van der Waals surface area (Å²) in [6.45, 7) is 0. The molecular formula is C2H6N2O4. The summed E-state index contributed by atoms with van der Waals surface area (Å²) in [5, 5.41) is 18.0. The van der Waals surface area contributed by atoms with Crippen LogP contribution in [0, 0.1) is 20.2 Å². The zero-order valence-corrected chi connectivity index (χ0v) is 3.94. The second-order valence-electron chi connectivity index (χ2n) is 0.665. The molecule has 0 unspecified atom stereocenters. The highest BCUT2D eigenvalue weighted by Gasteiger charge is 1.57. The number of nitrogens with zero attached hydrogens (tertiary/aromatic N) is 2. The molecule has 8 heavy (non-hydrogen) atoms. The van der Waals surface area contributed by atoms with Crippen LogP contribution in [-0.2, 0) is 0 Å². The van der Waals surface area contributed by atoms with Crippen LogP contribution in [0.1, 0.15) is 2.74 Å². The average molecular weight is 124 g/mol. The summed E-state index contributed by atoms with van der Waals surface area (Å²) in [5.74, 6) is 0. The molecule has 0 spiro atoms. The number of nitro groups is 2. The van der Waals surface area contributed by atoms with E-state index in [1.54, 1.807) is 0 Å². The maximum atomic E-state index is 8.99. The first-order valence-corrected chi connectivity index (χ1v) is 1.36. The summed E-state index contributed by atoms with van der Waals surface area (Å²) in [6.07, 6.45) is 0. The van der Waals surface area contributed by atoms with Crippen molar-refractivity contribution < 1.29 is 12.6 Å². The molecule has 0 bridgehead atoms. The first-order chi connectivity index (χ1) is 4.54. The summed E-state index contributed by atoms with van der Waals surface area (Å²) in [7, 11) is -1.44. The van der Waals surface area contributed by atoms with Crippen LogP contribution >= 0.6 is 0 Å². The van der Waals surface area contributed by atoms with Gasteiger partial charge in [0.05, 0.1) is 0 Å². The van der Waals surface area contributed by atoms with Gasteiger partial charge in [-0.25, -0.2) is 0 Å².